The van der Waals surface area contributed by atoms with E-state index in [2.05, 4.69) is 36.6 Å². The summed E-state index contributed by atoms with van der Waals surface area (Å²) in [4.78, 5) is 29.1. The third kappa shape index (κ3) is 4.53. The maximum Gasteiger partial charge on any atom is 0.255 e. The van der Waals surface area contributed by atoms with Crippen LogP contribution in [0, 0.1) is 17.1 Å². The van der Waals surface area contributed by atoms with Gasteiger partial charge in [0.2, 0.25) is 0 Å². The van der Waals surface area contributed by atoms with Gasteiger partial charge in [0.15, 0.2) is 5.82 Å². The molecule has 0 saturated carbocycles. The standard InChI is InChI=1S/C28H21ClFN7O/c1-28(2,14-31)21-22(29)19(13-20(23(21)30)37-27(38)16-7-4-3-5-8-16)36-26-17(9-6-11-32-26)24-18-10-12-33-25(18)35-15-34-24/h3-13,15H,1-2H3,(H,32,36)(H,37,38)(H,33,34,35). The largest absolute Gasteiger partial charge is 0.346 e. The van der Waals surface area contributed by atoms with E-state index < -0.39 is 17.1 Å². The lowest BCUT2D eigenvalue weighted by Gasteiger charge is -2.23. The second-order valence-electron chi connectivity index (χ2n) is 9.02. The van der Waals surface area contributed by atoms with Crippen LogP contribution < -0.4 is 10.6 Å². The van der Waals surface area contributed by atoms with Gasteiger partial charge in [0.1, 0.15) is 17.8 Å². The topological polar surface area (TPSA) is 119 Å². The molecule has 8 nitrogen and oxygen atoms in total. The van der Waals surface area contributed by atoms with Crippen LogP contribution in [0.2, 0.25) is 5.02 Å². The average Bonchev–Trinajstić information content (AvgIpc) is 3.41. The first-order chi connectivity index (χ1) is 18.3. The Kier molecular flexibility index (Phi) is 6.49. The summed E-state index contributed by atoms with van der Waals surface area (Å²) in [7, 11) is 0. The number of benzene rings is 2. The van der Waals surface area contributed by atoms with Crippen molar-refractivity contribution in [2.45, 2.75) is 19.3 Å². The van der Waals surface area contributed by atoms with E-state index in [0.29, 0.717) is 28.3 Å². The van der Waals surface area contributed by atoms with Crippen LogP contribution in [0.1, 0.15) is 29.8 Å². The van der Waals surface area contributed by atoms with E-state index in [1.807, 2.05) is 12.1 Å². The monoisotopic (exact) mass is 525 g/mol. The molecule has 5 rings (SSSR count). The predicted octanol–water partition coefficient (Wildman–Crippen LogP) is 6.61. The molecule has 38 heavy (non-hydrogen) atoms. The van der Waals surface area contributed by atoms with Gasteiger partial charge in [-0.2, -0.15) is 5.26 Å². The molecule has 3 aromatic heterocycles. The fraction of sp³-hybridized carbons (Fsp3) is 0.107. The molecule has 0 bridgehead atoms. The van der Waals surface area contributed by atoms with Crippen molar-refractivity contribution in [1.82, 2.24) is 19.9 Å². The number of nitriles is 1. The Morgan fingerprint density at radius 3 is 2.63 bits per heavy atom. The zero-order valence-electron chi connectivity index (χ0n) is 20.4. The third-order valence-electron chi connectivity index (χ3n) is 6.06. The van der Waals surface area contributed by atoms with Gasteiger partial charge in [-0.1, -0.05) is 29.8 Å². The Morgan fingerprint density at radius 1 is 1.08 bits per heavy atom. The Labute approximate surface area is 222 Å². The van der Waals surface area contributed by atoms with Gasteiger partial charge in [0.25, 0.3) is 5.91 Å². The number of amides is 1. The molecule has 0 aliphatic heterocycles. The summed E-state index contributed by atoms with van der Waals surface area (Å²) < 4.78 is 15.8. The maximum absolute atomic E-state index is 15.8. The molecular weight excluding hydrogens is 505 g/mol. The Hall–Kier alpha value is -4.81. The summed E-state index contributed by atoms with van der Waals surface area (Å²) in [5.74, 6) is -0.904. The molecule has 3 heterocycles. The number of pyridine rings is 1. The number of aromatic amines is 1. The fourth-order valence-electron chi connectivity index (χ4n) is 4.12. The minimum atomic E-state index is -1.30. The highest BCUT2D eigenvalue weighted by Gasteiger charge is 2.31. The molecule has 1 amide bonds. The van der Waals surface area contributed by atoms with Gasteiger partial charge in [0.05, 0.1) is 33.6 Å². The van der Waals surface area contributed by atoms with Crippen LogP contribution in [0.25, 0.3) is 22.3 Å². The van der Waals surface area contributed by atoms with Crippen molar-refractivity contribution in [2.75, 3.05) is 10.6 Å². The molecule has 10 heteroatoms. The first kappa shape index (κ1) is 24.9. The summed E-state index contributed by atoms with van der Waals surface area (Å²) in [6.45, 7) is 3.11. The van der Waals surface area contributed by atoms with Crippen LogP contribution in [0.4, 0.5) is 21.6 Å². The van der Waals surface area contributed by atoms with Crippen LogP contribution in [0.3, 0.4) is 0 Å². The summed E-state index contributed by atoms with van der Waals surface area (Å²) in [6.07, 6.45) is 4.80. The first-order valence-electron chi connectivity index (χ1n) is 11.6. The zero-order valence-corrected chi connectivity index (χ0v) is 21.1. The smallest absolute Gasteiger partial charge is 0.255 e. The van der Waals surface area contributed by atoms with E-state index in [-0.39, 0.29) is 22.0 Å². The molecule has 0 fully saturated rings. The van der Waals surface area contributed by atoms with Gasteiger partial charge in [-0.3, -0.25) is 4.79 Å². The van der Waals surface area contributed by atoms with Gasteiger partial charge >= 0.3 is 0 Å². The molecule has 0 aliphatic rings. The Bertz CT molecular complexity index is 1710. The van der Waals surface area contributed by atoms with Crippen molar-refractivity contribution in [2.24, 2.45) is 0 Å². The predicted molar refractivity (Wildman–Crippen MR) is 145 cm³/mol. The minimum absolute atomic E-state index is 0.00200. The van der Waals surface area contributed by atoms with E-state index in [1.54, 1.807) is 62.6 Å². The van der Waals surface area contributed by atoms with E-state index >= 15 is 4.39 Å². The van der Waals surface area contributed by atoms with Gasteiger partial charge < -0.3 is 15.6 Å². The molecule has 0 atom stereocenters. The number of hydrogen-bond donors (Lipinski definition) is 3. The van der Waals surface area contributed by atoms with Crippen molar-refractivity contribution in [3.05, 3.63) is 95.3 Å². The second-order valence-corrected chi connectivity index (χ2v) is 9.40. The molecule has 188 valence electrons. The number of hydrogen-bond acceptors (Lipinski definition) is 6. The molecular formula is C28H21ClFN7O. The number of H-pyrrole nitrogens is 1. The minimum Gasteiger partial charge on any atom is -0.346 e. The molecule has 0 unspecified atom stereocenters. The van der Waals surface area contributed by atoms with E-state index in [1.165, 1.54) is 12.4 Å². The average molecular weight is 526 g/mol. The first-order valence-corrected chi connectivity index (χ1v) is 12.0. The highest BCUT2D eigenvalue weighted by molar-refractivity contribution is 6.34. The summed E-state index contributed by atoms with van der Waals surface area (Å²) in [6, 6.07) is 17.4. The lowest BCUT2D eigenvalue weighted by Crippen LogP contribution is -2.20. The van der Waals surface area contributed by atoms with Crippen molar-refractivity contribution in [3.8, 4) is 17.3 Å². The number of anilines is 3. The highest BCUT2D eigenvalue weighted by atomic mass is 35.5. The van der Waals surface area contributed by atoms with E-state index in [9.17, 15) is 10.1 Å². The highest BCUT2D eigenvalue weighted by Crippen LogP contribution is 2.42. The van der Waals surface area contributed by atoms with Crippen LogP contribution in [-0.2, 0) is 5.41 Å². The zero-order chi connectivity index (χ0) is 26.9. The lowest BCUT2D eigenvalue weighted by molar-refractivity contribution is 0.102. The Morgan fingerprint density at radius 2 is 1.87 bits per heavy atom. The van der Waals surface area contributed by atoms with Crippen LogP contribution >= 0.6 is 11.6 Å². The van der Waals surface area contributed by atoms with E-state index in [0.717, 1.165) is 5.39 Å². The van der Waals surface area contributed by atoms with Crippen molar-refractivity contribution < 1.29 is 9.18 Å². The lowest BCUT2D eigenvalue weighted by atomic mass is 9.85. The number of nitrogens with one attached hydrogen (secondary N) is 3. The maximum atomic E-state index is 15.8. The van der Waals surface area contributed by atoms with Gasteiger partial charge in [-0.25, -0.2) is 19.3 Å². The molecule has 3 N–H and O–H groups in total. The molecule has 0 saturated heterocycles. The number of nitrogens with zero attached hydrogens (tertiary/aromatic N) is 4. The Balaban J connectivity index is 1.63. The molecule has 2 aromatic carbocycles. The summed E-state index contributed by atoms with van der Waals surface area (Å²) >= 11 is 6.70. The molecule has 0 aliphatic carbocycles. The fourth-order valence-corrected chi connectivity index (χ4v) is 4.54. The number of rotatable bonds is 6. The molecule has 5 aromatic rings. The van der Waals surface area contributed by atoms with Crippen LogP contribution in [0.5, 0.6) is 0 Å². The number of fused-ring (bicyclic) bond motifs is 1. The van der Waals surface area contributed by atoms with Crippen molar-refractivity contribution >= 4 is 45.7 Å². The molecule has 0 spiro atoms. The van der Waals surface area contributed by atoms with Gasteiger partial charge in [0, 0.05) is 34.5 Å². The summed E-state index contributed by atoms with van der Waals surface area (Å²) in [5, 5.41) is 16.4. The van der Waals surface area contributed by atoms with Crippen molar-refractivity contribution in [3.63, 3.8) is 0 Å². The summed E-state index contributed by atoms with van der Waals surface area (Å²) in [5.41, 5.74) is 1.06. The van der Waals surface area contributed by atoms with Gasteiger partial charge in [-0.05, 0) is 50.2 Å². The van der Waals surface area contributed by atoms with Crippen LogP contribution in [-0.4, -0.2) is 25.8 Å². The number of halogens is 2. The van der Waals surface area contributed by atoms with Gasteiger partial charge in [-0.15, -0.1) is 0 Å². The molecule has 0 radical (unpaired) electrons. The third-order valence-corrected chi connectivity index (χ3v) is 6.45. The normalized spacial score (nSPS) is 11.2. The second kappa shape index (κ2) is 9.92. The van der Waals surface area contributed by atoms with E-state index in [4.69, 9.17) is 11.6 Å². The number of carbonyl (C=O) groups is 1. The quantitative estimate of drug-likeness (QED) is 0.229. The number of carbonyl (C=O) groups excluding carboxylic acids is 1. The SMILES string of the molecule is CC(C)(C#N)c1c(F)c(NC(=O)c2ccccc2)cc(Nc2ncccc2-c2ncnc3[nH]ccc23)c1Cl. The van der Waals surface area contributed by atoms with Crippen molar-refractivity contribution in [1.29, 1.82) is 5.26 Å². The number of aromatic nitrogens is 4. The van der Waals surface area contributed by atoms with Crippen LogP contribution in [0.15, 0.2) is 73.3 Å².